The smallest absolute Gasteiger partial charge is 0.410 e. The Balaban J connectivity index is 1.45. The van der Waals surface area contributed by atoms with E-state index < -0.39 is 11.6 Å². The van der Waals surface area contributed by atoms with Crippen LogP contribution in [0.2, 0.25) is 0 Å². The molecule has 0 radical (unpaired) electrons. The second-order valence-electron chi connectivity index (χ2n) is 7.35. The lowest BCUT2D eigenvalue weighted by Gasteiger charge is -2.26. The van der Waals surface area contributed by atoms with E-state index in [-0.39, 0.29) is 48.7 Å². The van der Waals surface area contributed by atoms with Gasteiger partial charge in [-0.25, -0.2) is 13.6 Å². The van der Waals surface area contributed by atoms with Crippen molar-refractivity contribution >= 4 is 12.0 Å². The van der Waals surface area contributed by atoms with Crippen molar-refractivity contribution in [3.05, 3.63) is 35.4 Å². The third-order valence-electron chi connectivity index (χ3n) is 5.79. The molecule has 26 heavy (non-hydrogen) atoms. The van der Waals surface area contributed by atoms with Gasteiger partial charge in [-0.1, -0.05) is 12.1 Å². The van der Waals surface area contributed by atoms with Gasteiger partial charge in [0.1, 0.15) is 6.10 Å². The second-order valence-corrected chi connectivity index (χ2v) is 7.35. The van der Waals surface area contributed by atoms with Crippen LogP contribution in [-0.2, 0) is 16.1 Å². The van der Waals surface area contributed by atoms with Gasteiger partial charge in [0.2, 0.25) is 5.91 Å². The SMILES string of the molecule is O=C1C[C@H]2[C@H](CCN2C(=O)OC2CCCC2)N1Cc1cccc(F)c1F. The average molecular weight is 364 g/mol. The van der Waals surface area contributed by atoms with Crippen molar-refractivity contribution < 1.29 is 23.1 Å². The lowest BCUT2D eigenvalue weighted by atomic mass is 10.1. The fraction of sp³-hybridized carbons (Fsp3) is 0.579. The van der Waals surface area contributed by atoms with E-state index in [1.165, 1.54) is 12.1 Å². The molecule has 0 aromatic heterocycles. The van der Waals surface area contributed by atoms with Gasteiger partial charge in [-0.2, -0.15) is 0 Å². The zero-order valence-electron chi connectivity index (χ0n) is 14.5. The number of carbonyl (C=O) groups is 2. The Kier molecular flexibility index (Phi) is 4.54. The minimum atomic E-state index is -0.918. The highest BCUT2D eigenvalue weighted by Crippen LogP contribution is 2.35. The Morgan fingerprint density at radius 3 is 2.69 bits per heavy atom. The molecule has 0 N–H and O–H groups in total. The largest absolute Gasteiger partial charge is 0.446 e. The Hall–Kier alpha value is -2.18. The van der Waals surface area contributed by atoms with Crippen LogP contribution in [0.3, 0.4) is 0 Å². The Morgan fingerprint density at radius 2 is 1.92 bits per heavy atom. The van der Waals surface area contributed by atoms with E-state index in [0.29, 0.717) is 13.0 Å². The van der Waals surface area contributed by atoms with E-state index in [0.717, 1.165) is 31.7 Å². The first kappa shape index (κ1) is 17.2. The van der Waals surface area contributed by atoms with Crippen LogP contribution in [0.1, 0.15) is 44.1 Å². The minimum absolute atomic E-state index is 0.0175. The van der Waals surface area contributed by atoms with Crippen molar-refractivity contribution in [2.24, 2.45) is 0 Å². The molecular formula is C19H22F2N2O3. The van der Waals surface area contributed by atoms with Crippen molar-refractivity contribution in [3.8, 4) is 0 Å². The van der Waals surface area contributed by atoms with Gasteiger partial charge in [0.25, 0.3) is 0 Å². The Bertz CT molecular complexity index is 721. The molecule has 3 aliphatic rings. The number of carbonyl (C=O) groups excluding carboxylic acids is 2. The van der Waals surface area contributed by atoms with Crippen molar-refractivity contribution in [1.29, 1.82) is 0 Å². The van der Waals surface area contributed by atoms with Gasteiger partial charge in [-0.15, -0.1) is 0 Å². The summed E-state index contributed by atoms with van der Waals surface area (Å²) in [5, 5.41) is 0. The number of ether oxygens (including phenoxy) is 1. The molecule has 2 saturated heterocycles. The number of benzene rings is 1. The van der Waals surface area contributed by atoms with E-state index in [2.05, 4.69) is 0 Å². The maximum atomic E-state index is 14.0. The molecule has 2 heterocycles. The first-order valence-corrected chi connectivity index (χ1v) is 9.24. The molecular weight excluding hydrogens is 342 g/mol. The number of likely N-dealkylation sites (tertiary alicyclic amines) is 2. The standard InChI is InChI=1S/C19H22F2N2O3/c20-14-7-3-4-12(18(14)21)11-23-15-8-9-22(16(15)10-17(23)24)19(25)26-13-5-1-2-6-13/h3-4,7,13,15-16H,1-2,5-6,8-11H2/t15-,16-/m0/s1. The van der Waals surface area contributed by atoms with Gasteiger partial charge in [0.15, 0.2) is 11.6 Å². The molecule has 5 nitrogen and oxygen atoms in total. The first-order valence-electron chi connectivity index (χ1n) is 9.24. The van der Waals surface area contributed by atoms with Crippen LogP contribution in [-0.4, -0.2) is 46.5 Å². The molecule has 4 rings (SSSR count). The summed E-state index contributed by atoms with van der Waals surface area (Å²) in [6.07, 6.45) is 4.43. The zero-order chi connectivity index (χ0) is 18.3. The highest BCUT2D eigenvalue weighted by Gasteiger charge is 2.49. The summed E-state index contributed by atoms with van der Waals surface area (Å²) in [5.41, 5.74) is 0.158. The average Bonchev–Trinajstić information content (AvgIpc) is 3.31. The van der Waals surface area contributed by atoms with Gasteiger partial charge >= 0.3 is 6.09 Å². The van der Waals surface area contributed by atoms with Crippen LogP contribution in [0.4, 0.5) is 13.6 Å². The first-order chi connectivity index (χ1) is 12.5. The summed E-state index contributed by atoms with van der Waals surface area (Å²) >= 11 is 0. The van der Waals surface area contributed by atoms with Gasteiger partial charge < -0.3 is 14.5 Å². The fourth-order valence-electron chi connectivity index (χ4n) is 4.43. The fourth-order valence-corrected chi connectivity index (χ4v) is 4.43. The number of nitrogens with zero attached hydrogens (tertiary/aromatic N) is 2. The molecule has 1 aromatic carbocycles. The Morgan fingerprint density at radius 1 is 1.15 bits per heavy atom. The van der Waals surface area contributed by atoms with Crippen molar-refractivity contribution in [3.63, 3.8) is 0 Å². The summed E-state index contributed by atoms with van der Waals surface area (Å²) in [4.78, 5) is 28.1. The predicted octanol–water partition coefficient (Wildman–Crippen LogP) is 3.22. The molecule has 0 unspecified atom stereocenters. The molecule has 7 heteroatoms. The molecule has 1 aromatic rings. The molecule has 1 aliphatic carbocycles. The van der Waals surface area contributed by atoms with Crippen LogP contribution in [0, 0.1) is 11.6 Å². The third-order valence-corrected chi connectivity index (χ3v) is 5.79. The second kappa shape index (κ2) is 6.85. The monoisotopic (exact) mass is 364 g/mol. The minimum Gasteiger partial charge on any atom is -0.446 e. The number of hydrogen-bond acceptors (Lipinski definition) is 3. The summed E-state index contributed by atoms with van der Waals surface area (Å²) in [6, 6.07) is 3.57. The third kappa shape index (κ3) is 3.04. The molecule has 3 fully saturated rings. The van der Waals surface area contributed by atoms with Crippen molar-refractivity contribution in [2.75, 3.05) is 6.54 Å². The van der Waals surface area contributed by atoms with E-state index in [4.69, 9.17) is 4.74 Å². The van der Waals surface area contributed by atoms with E-state index >= 15 is 0 Å². The number of amides is 2. The molecule has 2 atom stereocenters. The summed E-state index contributed by atoms with van der Waals surface area (Å²) in [6.45, 7) is 0.547. The van der Waals surface area contributed by atoms with Gasteiger partial charge in [0, 0.05) is 25.1 Å². The van der Waals surface area contributed by atoms with Crippen LogP contribution in [0.25, 0.3) is 0 Å². The van der Waals surface area contributed by atoms with Crippen LogP contribution in [0.5, 0.6) is 0 Å². The maximum absolute atomic E-state index is 14.0. The van der Waals surface area contributed by atoms with Gasteiger partial charge in [-0.05, 0) is 38.2 Å². The highest BCUT2D eigenvalue weighted by molar-refractivity contribution is 5.82. The molecule has 2 amide bonds. The Labute approximate surface area is 150 Å². The highest BCUT2D eigenvalue weighted by atomic mass is 19.2. The topological polar surface area (TPSA) is 49.9 Å². The molecule has 1 saturated carbocycles. The number of rotatable bonds is 3. The number of fused-ring (bicyclic) bond motifs is 1. The normalized spacial score (nSPS) is 25.8. The van der Waals surface area contributed by atoms with Crippen molar-refractivity contribution in [2.45, 2.75) is 63.3 Å². The maximum Gasteiger partial charge on any atom is 0.410 e. The summed E-state index contributed by atoms with van der Waals surface area (Å²) < 4.78 is 33.0. The zero-order valence-corrected chi connectivity index (χ0v) is 14.5. The number of halogens is 2. The summed E-state index contributed by atoms with van der Waals surface area (Å²) in [5.74, 6) is -1.97. The van der Waals surface area contributed by atoms with Gasteiger partial charge in [-0.3, -0.25) is 4.79 Å². The van der Waals surface area contributed by atoms with E-state index in [1.807, 2.05) is 0 Å². The van der Waals surface area contributed by atoms with E-state index in [9.17, 15) is 18.4 Å². The van der Waals surface area contributed by atoms with Crippen LogP contribution in [0.15, 0.2) is 18.2 Å². The van der Waals surface area contributed by atoms with E-state index in [1.54, 1.807) is 9.80 Å². The van der Waals surface area contributed by atoms with Gasteiger partial charge in [0.05, 0.1) is 12.1 Å². The lowest BCUT2D eigenvalue weighted by Crippen LogP contribution is -2.41. The van der Waals surface area contributed by atoms with Crippen molar-refractivity contribution in [1.82, 2.24) is 9.80 Å². The predicted molar refractivity (Wildman–Crippen MR) is 89.2 cm³/mol. The summed E-state index contributed by atoms with van der Waals surface area (Å²) in [7, 11) is 0. The molecule has 2 aliphatic heterocycles. The molecule has 0 bridgehead atoms. The quantitative estimate of drug-likeness (QED) is 0.828. The van der Waals surface area contributed by atoms with Crippen LogP contribution < -0.4 is 0 Å². The number of hydrogen-bond donors (Lipinski definition) is 0. The van der Waals surface area contributed by atoms with Crippen LogP contribution >= 0.6 is 0 Å². The molecule has 0 spiro atoms. The molecule has 140 valence electrons. The lowest BCUT2D eigenvalue weighted by molar-refractivity contribution is -0.129.